The molecule has 0 atom stereocenters. The molecule has 84 valence electrons. The summed E-state index contributed by atoms with van der Waals surface area (Å²) in [6.07, 6.45) is 1.80. The third kappa shape index (κ3) is 5.49. The van der Waals surface area contributed by atoms with E-state index >= 15 is 0 Å². The Labute approximate surface area is 94.1 Å². The SMILES string of the molecule is CC(C)(C)NC(=O)CNCc1cncs1. The molecule has 1 rings (SSSR count). The quantitative estimate of drug-likeness (QED) is 0.811. The highest BCUT2D eigenvalue weighted by Crippen LogP contribution is 2.03. The highest BCUT2D eigenvalue weighted by Gasteiger charge is 2.12. The lowest BCUT2D eigenvalue weighted by Crippen LogP contribution is -2.44. The highest BCUT2D eigenvalue weighted by molar-refractivity contribution is 7.09. The predicted octanol–water partition coefficient (Wildman–Crippen LogP) is 1.15. The largest absolute Gasteiger partial charge is 0.350 e. The zero-order valence-corrected chi connectivity index (χ0v) is 10.1. The van der Waals surface area contributed by atoms with Crippen LogP contribution in [-0.2, 0) is 11.3 Å². The van der Waals surface area contributed by atoms with Crippen LogP contribution in [0.2, 0.25) is 0 Å². The Morgan fingerprint density at radius 2 is 2.27 bits per heavy atom. The minimum Gasteiger partial charge on any atom is -0.350 e. The van der Waals surface area contributed by atoms with E-state index in [2.05, 4.69) is 15.6 Å². The highest BCUT2D eigenvalue weighted by atomic mass is 32.1. The molecule has 4 nitrogen and oxygen atoms in total. The maximum Gasteiger partial charge on any atom is 0.234 e. The van der Waals surface area contributed by atoms with Crippen LogP contribution < -0.4 is 10.6 Å². The van der Waals surface area contributed by atoms with Gasteiger partial charge in [0.25, 0.3) is 0 Å². The Bertz CT molecular complexity index is 303. The smallest absolute Gasteiger partial charge is 0.234 e. The Hall–Kier alpha value is -0.940. The van der Waals surface area contributed by atoms with Crippen molar-refractivity contribution < 1.29 is 4.79 Å². The van der Waals surface area contributed by atoms with Crippen LogP contribution in [-0.4, -0.2) is 23.0 Å². The number of nitrogens with one attached hydrogen (secondary N) is 2. The fourth-order valence-electron chi connectivity index (χ4n) is 1.09. The molecule has 15 heavy (non-hydrogen) atoms. The van der Waals surface area contributed by atoms with E-state index in [4.69, 9.17) is 0 Å². The summed E-state index contributed by atoms with van der Waals surface area (Å²) in [5.41, 5.74) is 1.62. The molecule has 0 saturated heterocycles. The van der Waals surface area contributed by atoms with Crippen molar-refractivity contribution in [3.63, 3.8) is 0 Å². The monoisotopic (exact) mass is 227 g/mol. The number of carbonyl (C=O) groups excluding carboxylic acids is 1. The van der Waals surface area contributed by atoms with Gasteiger partial charge in [0, 0.05) is 23.2 Å². The Kier molecular flexibility index (Phi) is 4.23. The first-order valence-corrected chi connectivity index (χ1v) is 5.74. The maximum atomic E-state index is 11.4. The molecule has 0 aliphatic carbocycles. The van der Waals surface area contributed by atoms with Gasteiger partial charge in [-0.15, -0.1) is 11.3 Å². The fraction of sp³-hybridized carbons (Fsp3) is 0.600. The van der Waals surface area contributed by atoms with Crippen molar-refractivity contribution in [1.82, 2.24) is 15.6 Å². The van der Waals surface area contributed by atoms with Crippen LogP contribution >= 0.6 is 11.3 Å². The standard InChI is InChI=1S/C10H17N3OS/c1-10(2,3)13-9(14)6-11-4-8-5-12-7-15-8/h5,7,11H,4,6H2,1-3H3,(H,13,14). The normalized spacial score (nSPS) is 11.4. The van der Waals surface area contributed by atoms with E-state index in [1.165, 1.54) is 0 Å². The second kappa shape index (κ2) is 5.23. The van der Waals surface area contributed by atoms with Gasteiger partial charge < -0.3 is 10.6 Å². The number of carbonyl (C=O) groups is 1. The van der Waals surface area contributed by atoms with Gasteiger partial charge in [-0.3, -0.25) is 9.78 Å². The molecule has 0 saturated carbocycles. The maximum absolute atomic E-state index is 11.4. The van der Waals surface area contributed by atoms with Crippen LogP contribution in [0.15, 0.2) is 11.7 Å². The molecular formula is C10H17N3OS. The Morgan fingerprint density at radius 3 is 2.80 bits per heavy atom. The number of hydrogen-bond donors (Lipinski definition) is 2. The molecule has 0 spiro atoms. The van der Waals surface area contributed by atoms with Gasteiger partial charge in [0.2, 0.25) is 5.91 Å². The predicted molar refractivity (Wildman–Crippen MR) is 61.7 cm³/mol. The first-order chi connectivity index (χ1) is 6.97. The lowest BCUT2D eigenvalue weighted by molar-refractivity contribution is -0.121. The number of rotatable bonds is 4. The lowest BCUT2D eigenvalue weighted by atomic mass is 10.1. The van der Waals surface area contributed by atoms with Gasteiger partial charge in [0.05, 0.1) is 12.1 Å². The van der Waals surface area contributed by atoms with Crippen molar-refractivity contribution in [2.24, 2.45) is 0 Å². The van der Waals surface area contributed by atoms with E-state index in [1.54, 1.807) is 23.0 Å². The first-order valence-electron chi connectivity index (χ1n) is 4.86. The van der Waals surface area contributed by atoms with Gasteiger partial charge in [-0.25, -0.2) is 0 Å². The Balaban J connectivity index is 2.18. The number of aromatic nitrogens is 1. The zero-order valence-electron chi connectivity index (χ0n) is 9.33. The van der Waals surface area contributed by atoms with Gasteiger partial charge in [0.1, 0.15) is 0 Å². The Morgan fingerprint density at radius 1 is 1.53 bits per heavy atom. The molecule has 0 unspecified atom stereocenters. The molecule has 0 bridgehead atoms. The van der Waals surface area contributed by atoms with E-state index in [0.717, 1.165) is 4.88 Å². The van der Waals surface area contributed by atoms with Crippen LogP contribution in [0.4, 0.5) is 0 Å². The molecule has 0 radical (unpaired) electrons. The lowest BCUT2D eigenvalue weighted by Gasteiger charge is -2.20. The molecular weight excluding hydrogens is 210 g/mol. The molecule has 0 aliphatic rings. The van der Waals surface area contributed by atoms with Gasteiger partial charge in [-0.05, 0) is 20.8 Å². The van der Waals surface area contributed by atoms with E-state index in [-0.39, 0.29) is 11.4 Å². The van der Waals surface area contributed by atoms with Crippen molar-refractivity contribution in [2.75, 3.05) is 6.54 Å². The van der Waals surface area contributed by atoms with Crippen LogP contribution in [0.5, 0.6) is 0 Å². The average Bonchev–Trinajstić information content (AvgIpc) is 2.53. The molecule has 5 heteroatoms. The summed E-state index contributed by atoms with van der Waals surface area (Å²) >= 11 is 1.58. The van der Waals surface area contributed by atoms with Crippen LogP contribution in [0.25, 0.3) is 0 Å². The van der Waals surface area contributed by atoms with E-state index in [1.807, 2.05) is 20.8 Å². The fourth-order valence-corrected chi connectivity index (χ4v) is 1.66. The molecule has 2 N–H and O–H groups in total. The minimum atomic E-state index is -0.163. The molecule has 1 heterocycles. The topological polar surface area (TPSA) is 54.0 Å². The van der Waals surface area contributed by atoms with E-state index < -0.39 is 0 Å². The number of hydrogen-bond acceptors (Lipinski definition) is 4. The number of thiazole rings is 1. The van der Waals surface area contributed by atoms with Crippen molar-refractivity contribution in [3.05, 3.63) is 16.6 Å². The third-order valence-electron chi connectivity index (χ3n) is 1.58. The molecule has 0 aromatic carbocycles. The van der Waals surface area contributed by atoms with Crippen LogP contribution in [0, 0.1) is 0 Å². The zero-order chi connectivity index (χ0) is 11.3. The third-order valence-corrected chi connectivity index (χ3v) is 2.36. The number of amides is 1. The molecule has 1 aromatic rings. The summed E-state index contributed by atoms with van der Waals surface area (Å²) in [6.45, 7) is 6.94. The van der Waals surface area contributed by atoms with E-state index in [9.17, 15) is 4.79 Å². The molecule has 1 amide bonds. The van der Waals surface area contributed by atoms with Gasteiger partial charge >= 0.3 is 0 Å². The van der Waals surface area contributed by atoms with Crippen molar-refractivity contribution >= 4 is 17.2 Å². The van der Waals surface area contributed by atoms with Crippen molar-refractivity contribution in [3.8, 4) is 0 Å². The second-order valence-corrected chi connectivity index (χ2v) is 5.34. The van der Waals surface area contributed by atoms with Crippen molar-refractivity contribution in [2.45, 2.75) is 32.9 Å². The summed E-state index contributed by atoms with van der Waals surface area (Å²) in [6, 6.07) is 0. The van der Waals surface area contributed by atoms with Crippen LogP contribution in [0.1, 0.15) is 25.6 Å². The van der Waals surface area contributed by atoms with Gasteiger partial charge in [0.15, 0.2) is 0 Å². The first kappa shape index (κ1) is 12.1. The minimum absolute atomic E-state index is 0.0204. The van der Waals surface area contributed by atoms with E-state index in [0.29, 0.717) is 13.1 Å². The summed E-state index contributed by atoms with van der Waals surface area (Å²) in [7, 11) is 0. The summed E-state index contributed by atoms with van der Waals surface area (Å²) < 4.78 is 0. The summed E-state index contributed by atoms with van der Waals surface area (Å²) in [4.78, 5) is 16.5. The summed E-state index contributed by atoms with van der Waals surface area (Å²) in [5, 5.41) is 5.95. The number of nitrogens with zero attached hydrogens (tertiary/aromatic N) is 1. The molecule has 0 aliphatic heterocycles. The van der Waals surface area contributed by atoms with Gasteiger partial charge in [-0.2, -0.15) is 0 Å². The average molecular weight is 227 g/mol. The second-order valence-electron chi connectivity index (χ2n) is 4.37. The summed E-state index contributed by atoms with van der Waals surface area (Å²) in [5.74, 6) is 0.0204. The molecule has 1 aromatic heterocycles. The van der Waals surface area contributed by atoms with Crippen molar-refractivity contribution in [1.29, 1.82) is 0 Å². The van der Waals surface area contributed by atoms with Gasteiger partial charge in [-0.1, -0.05) is 0 Å². The molecule has 0 fully saturated rings. The van der Waals surface area contributed by atoms with Crippen LogP contribution in [0.3, 0.4) is 0 Å².